The first kappa shape index (κ1) is 37.0. The smallest absolute Gasteiger partial charge is 0.412 e. The van der Waals surface area contributed by atoms with E-state index in [-0.39, 0.29) is 45.4 Å². The summed E-state index contributed by atoms with van der Waals surface area (Å²) < 4.78 is 27.3. The van der Waals surface area contributed by atoms with E-state index >= 15 is 4.39 Å². The minimum atomic E-state index is -0.781. The normalized spacial score (nSPS) is 20.4. The standard InChI is InChI=1S/C38H44ClFN8O4S/c1-18(2)42-26-15-48(14-19(26)3)36-44-31-29(33(45-36)43-25-9-8-12-47(7)35(25)49)23-17-51-16-22(23)27(30(31)39)20-10-11-24(40)32-28(20)21(13-41)34(53-32)46-37(50)52-38(4,5)6/h10-11,18-19,25-26,42H,8-9,12,14-17H2,1-7H3,(H,46,50)(H,43,44,45)/t19-,25+,26-/m0/s1. The first-order valence-electron chi connectivity index (χ1n) is 18.0. The van der Waals surface area contributed by atoms with Crippen LogP contribution in [0.5, 0.6) is 0 Å². The van der Waals surface area contributed by atoms with Gasteiger partial charge < -0.3 is 29.9 Å². The number of benzene rings is 2. The van der Waals surface area contributed by atoms with Crippen molar-refractivity contribution < 1.29 is 23.5 Å². The maximum absolute atomic E-state index is 15.6. The number of thiophene rings is 1. The second kappa shape index (κ2) is 14.2. The molecule has 0 unspecified atom stereocenters. The van der Waals surface area contributed by atoms with Crippen molar-refractivity contribution >= 4 is 72.7 Å². The van der Waals surface area contributed by atoms with Crippen molar-refractivity contribution in [3.8, 4) is 17.2 Å². The summed E-state index contributed by atoms with van der Waals surface area (Å²) in [6.45, 7) is 14.2. The van der Waals surface area contributed by atoms with E-state index in [4.69, 9.17) is 31.0 Å². The van der Waals surface area contributed by atoms with Crippen LogP contribution in [0.1, 0.15) is 71.1 Å². The molecule has 2 aromatic carbocycles. The van der Waals surface area contributed by atoms with E-state index in [1.165, 1.54) is 6.07 Å². The van der Waals surface area contributed by atoms with Gasteiger partial charge in [-0.1, -0.05) is 38.4 Å². The zero-order valence-corrected chi connectivity index (χ0v) is 32.5. The first-order chi connectivity index (χ1) is 25.1. The Hall–Kier alpha value is -4.29. The Bertz CT molecular complexity index is 2180. The molecule has 5 heterocycles. The van der Waals surface area contributed by atoms with Crippen LogP contribution in [0.4, 0.5) is 26.0 Å². The van der Waals surface area contributed by atoms with Gasteiger partial charge >= 0.3 is 6.09 Å². The molecule has 0 aliphatic carbocycles. The molecule has 2 saturated heterocycles. The first-order valence-corrected chi connectivity index (χ1v) is 19.1. The fraction of sp³-hybridized carbons (Fsp3) is 0.500. The largest absolute Gasteiger partial charge is 0.444 e. The maximum Gasteiger partial charge on any atom is 0.412 e. The Kier molecular flexibility index (Phi) is 9.90. The number of carbonyl (C=O) groups excluding carboxylic acids is 2. The van der Waals surface area contributed by atoms with Gasteiger partial charge in [0.15, 0.2) is 0 Å². The van der Waals surface area contributed by atoms with Crippen molar-refractivity contribution in [2.45, 2.75) is 91.3 Å². The zero-order valence-electron chi connectivity index (χ0n) is 30.9. The van der Waals surface area contributed by atoms with Crippen molar-refractivity contribution in [2.24, 2.45) is 5.92 Å². The average molecular weight is 763 g/mol. The van der Waals surface area contributed by atoms with E-state index in [1.807, 2.05) is 0 Å². The summed E-state index contributed by atoms with van der Waals surface area (Å²) in [5.41, 5.74) is 2.40. The Morgan fingerprint density at radius 2 is 1.94 bits per heavy atom. The van der Waals surface area contributed by atoms with Gasteiger partial charge in [0.2, 0.25) is 11.9 Å². The quantitative estimate of drug-likeness (QED) is 0.174. The number of rotatable bonds is 7. The number of piperidine rings is 1. The van der Waals surface area contributed by atoms with E-state index in [0.717, 1.165) is 28.9 Å². The third-order valence-electron chi connectivity index (χ3n) is 9.99. The number of aromatic nitrogens is 2. The summed E-state index contributed by atoms with van der Waals surface area (Å²) >= 11 is 8.45. The van der Waals surface area contributed by atoms with Gasteiger partial charge in [-0.05, 0) is 62.3 Å². The van der Waals surface area contributed by atoms with Crippen LogP contribution < -0.4 is 20.9 Å². The minimum Gasteiger partial charge on any atom is -0.444 e. The molecule has 53 heavy (non-hydrogen) atoms. The monoisotopic (exact) mass is 762 g/mol. The number of nitrogens with zero attached hydrogens (tertiary/aromatic N) is 5. The second-order valence-electron chi connectivity index (χ2n) is 15.5. The van der Waals surface area contributed by atoms with Crippen molar-refractivity contribution in [1.82, 2.24) is 20.2 Å². The fourth-order valence-corrected chi connectivity index (χ4v) is 9.04. The lowest BCUT2D eigenvalue weighted by Gasteiger charge is -2.31. The van der Waals surface area contributed by atoms with Crippen LogP contribution in [-0.2, 0) is 27.5 Å². The molecule has 0 saturated carbocycles. The van der Waals surface area contributed by atoms with Crippen LogP contribution in [0.2, 0.25) is 5.02 Å². The molecule has 3 aliphatic heterocycles. The molecule has 3 aliphatic rings. The molecule has 0 bridgehead atoms. The van der Waals surface area contributed by atoms with Gasteiger partial charge in [0, 0.05) is 49.7 Å². The summed E-state index contributed by atoms with van der Waals surface area (Å²) in [5.74, 6) is 0.744. The SMILES string of the molecule is CC(C)N[C@H]1CN(c2nc(N[C@@H]3CCCN(C)C3=O)c3c4c(c(-c5ccc(F)c6sc(NC(=O)OC(C)(C)C)c(C#N)c56)c(Cl)c3n2)COC4)C[C@@H]1C. The molecule has 0 radical (unpaired) electrons. The molecule has 2 fully saturated rings. The van der Waals surface area contributed by atoms with Gasteiger partial charge in [0.1, 0.15) is 34.3 Å². The summed E-state index contributed by atoms with van der Waals surface area (Å²) in [7, 11) is 1.81. The molecular formula is C38H44ClFN8O4S. The molecule has 3 N–H and O–H groups in total. The van der Waals surface area contributed by atoms with Crippen LogP contribution in [0.25, 0.3) is 32.1 Å². The Morgan fingerprint density at radius 3 is 2.66 bits per heavy atom. The van der Waals surface area contributed by atoms with E-state index in [0.29, 0.717) is 77.2 Å². The summed E-state index contributed by atoms with van der Waals surface area (Å²) in [6, 6.07) is 5.18. The number of hydrogen-bond acceptors (Lipinski definition) is 11. The number of amides is 2. The number of anilines is 3. The highest BCUT2D eigenvalue weighted by Gasteiger charge is 2.36. The summed E-state index contributed by atoms with van der Waals surface area (Å²) in [4.78, 5) is 40.2. The fourth-order valence-electron chi connectivity index (χ4n) is 7.62. The predicted octanol–water partition coefficient (Wildman–Crippen LogP) is 7.41. The van der Waals surface area contributed by atoms with Crippen molar-refractivity contribution in [1.29, 1.82) is 5.26 Å². The van der Waals surface area contributed by atoms with Gasteiger partial charge in [-0.15, -0.1) is 11.3 Å². The van der Waals surface area contributed by atoms with Crippen LogP contribution in [0, 0.1) is 23.1 Å². The van der Waals surface area contributed by atoms with Gasteiger partial charge in [0.25, 0.3) is 0 Å². The number of fused-ring (bicyclic) bond motifs is 4. The number of likely N-dealkylation sites (tertiary alicyclic amines) is 1. The number of nitrogens with one attached hydrogen (secondary N) is 3. The molecule has 7 rings (SSSR count). The van der Waals surface area contributed by atoms with E-state index in [2.05, 4.69) is 47.7 Å². The summed E-state index contributed by atoms with van der Waals surface area (Å²) in [5, 5.41) is 21.7. The molecule has 0 spiro atoms. The summed E-state index contributed by atoms with van der Waals surface area (Å²) in [6.07, 6.45) is 0.744. The topological polar surface area (TPSA) is 145 Å². The Balaban J connectivity index is 1.44. The highest BCUT2D eigenvalue weighted by Crippen LogP contribution is 2.50. The number of ether oxygens (including phenoxy) is 2. The highest BCUT2D eigenvalue weighted by molar-refractivity contribution is 7.23. The lowest BCUT2D eigenvalue weighted by Crippen LogP contribution is -2.45. The molecule has 2 aromatic heterocycles. The van der Waals surface area contributed by atoms with Crippen molar-refractivity contribution in [3.05, 3.63) is 39.7 Å². The third kappa shape index (κ3) is 6.96. The minimum absolute atomic E-state index is 0.0119. The van der Waals surface area contributed by atoms with Crippen LogP contribution in [0.3, 0.4) is 0 Å². The van der Waals surface area contributed by atoms with E-state index < -0.39 is 23.6 Å². The van der Waals surface area contributed by atoms with E-state index in [1.54, 1.807) is 38.8 Å². The molecule has 4 aromatic rings. The molecule has 2 amide bonds. The van der Waals surface area contributed by atoms with Crippen LogP contribution in [0.15, 0.2) is 12.1 Å². The molecule has 280 valence electrons. The van der Waals surface area contributed by atoms with Gasteiger partial charge in [-0.2, -0.15) is 10.2 Å². The second-order valence-corrected chi connectivity index (χ2v) is 16.9. The number of likely N-dealkylation sites (N-methyl/N-ethyl adjacent to an activating group) is 1. The Morgan fingerprint density at radius 1 is 1.19 bits per heavy atom. The van der Waals surface area contributed by atoms with E-state index in [9.17, 15) is 14.9 Å². The van der Waals surface area contributed by atoms with Crippen LogP contribution in [-0.4, -0.2) is 77.3 Å². The van der Waals surface area contributed by atoms with Crippen molar-refractivity contribution in [3.63, 3.8) is 0 Å². The molecule has 3 atom stereocenters. The molecular weight excluding hydrogens is 719 g/mol. The number of carbonyl (C=O) groups is 2. The third-order valence-corrected chi connectivity index (χ3v) is 11.5. The van der Waals surface area contributed by atoms with Gasteiger partial charge in [0.05, 0.1) is 39.4 Å². The average Bonchev–Trinajstić information content (AvgIpc) is 3.80. The van der Waals surface area contributed by atoms with Crippen molar-refractivity contribution in [2.75, 3.05) is 42.2 Å². The number of nitriles is 1. The van der Waals surface area contributed by atoms with Gasteiger partial charge in [-0.25, -0.2) is 14.2 Å². The van der Waals surface area contributed by atoms with Crippen LogP contribution >= 0.6 is 22.9 Å². The highest BCUT2D eigenvalue weighted by atomic mass is 35.5. The molecule has 12 nitrogen and oxygen atoms in total. The number of hydrogen-bond donors (Lipinski definition) is 3. The zero-order chi connectivity index (χ0) is 37.9. The predicted molar refractivity (Wildman–Crippen MR) is 206 cm³/mol. The van der Waals surface area contributed by atoms with Gasteiger partial charge in [-0.3, -0.25) is 10.1 Å². The lowest BCUT2D eigenvalue weighted by molar-refractivity contribution is -0.132. The Labute approximate surface area is 317 Å². The molecule has 15 heteroatoms. The maximum atomic E-state index is 15.6. The lowest BCUT2D eigenvalue weighted by atomic mass is 9.91. The number of halogens is 2.